The summed E-state index contributed by atoms with van der Waals surface area (Å²) in [5.41, 5.74) is 5.76. The molecule has 0 aliphatic carbocycles. The summed E-state index contributed by atoms with van der Waals surface area (Å²) in [5, 5.41) is 20.7. The Balaban J connectivity index is 2.52. The van der Waals surface area contributed by atoms with Crippen LogP contribution in [0, 0.1) is 5.41 Å². The molecule has 0 amide bonds. The van der Waals surface area contributed by atoms with E-state index in [-0.39, 0.29) is 51.5 Å². The molecule has 0 aliphatic rings. The van der Waals surface area contributed by atoms with E-state index in [1.807, 2.05) is 20.8 Å². The molecule has 0 saturated heterocycles. The van der Waals surface area contributed by atoms with Crippen LogP contribution in [0.4, 0.5) is 0 Å². The normalized spacial score (nSPS) is 11.5. The van der Waals surface area contributed by atoms with Crippen LogP contribution >= 0.6 is 11.6 Å². The molecule has 0 unspecified atom stereocenters. The molecule has 1 aromatic rings. The second kappa shape index (κ2) is 10.7. The Hall–Kier alpha value is -1.79. The van der Waals surface area contributed by atoms with Gasteiger partial charge in [-0.25, -0.2) is 0 Å². The first kappa shape index (κ1) is 24.2. The van der Waals surface area contributed by atoms with Crippen molar-refractivity contribution < 1.29 is 24.5 Å². The van der Waals surface area contributed by atoms with Crippen molar-refractivity contribution in [1.82, 2.24) is 0 Å². The van der Waals surface area contributed by atoms with Crippen LogP contribution in [0.5, 0.6) is 11.5 Å². The third-order valence-corrected chi connectivity index (χ3v) is 4.96. The summed E-state index contributed by atoms with van der Waals surface area (Å²) >= 11 is 6.14. The van der Waals surface area contributed by atoms with Crippen LogP contribution in [0.1, 0.15) is 81.3 Å². The number of Topliss-reactive ketones (excluding diaryl/α,β-unsaturated/α-hetero) is 1. The fourth-order valence-electron chi connectivity index (χ4n) is 2.91. The first-order chi connectivity index (χ1) is 13.0. The van der Waals surface area contributed by atoms with E-state index in [9.17, 15) is 19.8 Å². The van der Waals surface area contributed by atoms with E-state index >= 15 is 0 Å². The van der Waals surface area contributed by atoms with Crippen LogP contribution in [0.25, 0.3) is 0 Å². The molecule has 0 atom stereocenters. The molecule has 0 saturated carbocycles. The number of carbonyl (C=O) groups is 2. The number of ketones is 1. The van der Waals surface area contributed by atoms with Gasteiger partial charge < -0.3 is 20.7 Å². The highest BCUT2D eigenvalue weighted by Gasteiger charge is 2.24. The standard InChI is InChI=1S/C21H32ClNO5/c1-13(24)16-15(12-23)17(22)19(26)14(18(16)25)10-8-6-5-7-9-11-28-20(27)21(2,3)4/h25-26H,5-12,23H2,1-4H3. The minimum Gasteiger partial charge on any atom is -0.507 e. The summed E-state index contributed by atoms with van der Waals surface area (Å²) in [6.07, 6.45) is 4.64. The minimum atomic E-state index is -0.483. The highest BCUT2D eigenvalue weighted by Crippen LogP contribution is 2.41. The summed E-state index contributed by atoms with van der Waals surface area (Å²) in [6.45, 7) is 7.17. The maximum absolute atomic E-state index is 11.9. The third-order valence-electron chi connectivity index (χ3n) is 4.56. The molecule has 1 aromatic carbocycles. The van der Waals surface area contributed by atoms with E-state index in [4.69, 9.17) is 22.1 Å². The first-order valence-corrected chi connectivity index (χ1v) is 10.0. The molecule has 28 heavy (non-hydrogen) atoms. The second-order valence-electron chi connectivity index (χ2n) is 8.01. The van der Waals surface area contributed by atoms with Crippen molar-refractivity contribution in [1.29, 1.82) is 0 Å². The molecule has 0 radical (unpaired) electrons. The van der Waals surface area contributed by atoms with E-state index in [2.05, 4.69) is 0 Å². The van der Waals surface area contributed by atoms with Gasteiger partial charge in [0.05, 0.1) is 22.6 Å². The number of rotatable bonds is 10. The Kier molecular flexibility index (Phi) is 9.24. The Morgan fingerprint density at radius 3 is 2.11 bits per heavy atom. The number of hydrogen-bond acceptors (Lipinski definition) is 6. The molecule has 4 N–H and O–H groups in total. The number of phenols is 2. The number of hydrogen-bond donors (Lipinski definition) is 3. The fourth-order valence-corrected chi connectivity index (χ4v) is 3.20. The van der Waals surface area contributed by atoms with Crippen molar-refractivity contribution in [2.24, 2.45) is 11.1 Å². The summed E-state index contributed by atoms with van der Waals surface area (Å²) in [4.78, 5) is 23.5. The van der Waals surface area contributed by atoms with Gasteiger partial charge in [0.2, 0.25) is 0 Å². The van der Waals surface area contributed by atoms with Crippen LogP contribution in [0.2, 0.25) is 5.02 Å². The van der Waals surface area contributed by atoms with E-state index < -0.39 is 5.41 Å². The highest BCUT2D eigenvalue weighted by atomic mass is 35.5. The summed E-state index contributed by atoms with van der Waals surface area (Å²) in [7, 11) is 0. The van der Waals surface area contributed by atoms with Gasteiger partial charge in [-0.2, -0.15) is 0 Å². The van der Waals surface area contributed by atoms with Crippen LogP contribution in [-0.2, 0) is 22.5 Å². The van der Waals surface area contributed by atoms with Gasteiger partial charge in [0.1, 0.15) is 11.5 Å². The summed E-state index contributed by atoms with van der Waals surface area (Å²) in [6, 6.07) is 0. The van der Waals surface area contributed by atoms with Gasteiger partial charge in [0, 0.05) is 17.7 Å². The topological polar surface area (TPSA) is 110 Å². The van der Waals surface area contributed by atoms with Gasteiger partial charge in [-0.1, -0.05) is 30.9 Å². The number of phenolic OH excluding ortho intramolecular Hbond substituents is 2. The number of halogens is 1. The van der Waals surface area contributed by atoms with Crippen LogP contribution < -0.4 is 5.73 Å². The Morgan fingerprint density at radius 1 is 1.00 bits per heavy atom. The van der Waals surface area contributed by atoms with Crippen molar-refractivity contribution in [3.05, 3.63) is 21.7 Å². The van der Waals surface area contributed by atoms with Gasteiger partial charge in [-0.05, 0) is 47.0 Å². The molecule has 1 rings (SSSR count). The molecule has 0 aromatic heterocycles. The van der Waals surface area contributed by atoms with Crippen molar-refractivity contribution >= 4 is 23.4 Å². The smallest absolute Gasteiger partial charge is 0.311 e. The molecule has 158 valence electrons. The van der Waals surface area contributed by atoms with Gasteiger partial charge in [-0.15, -0.1) is 0 Å². The lowest BCUT2D eigenvalue weighted by Gasteiger charge is -2.17. The number of ether oxygens (including phenoxy) is 1. The zero-order valence-electron chi connectivity index (χ0n) is 17.2. The van der Waals surface area contributed by atoms with Crippen molar-refractivity contribution in [2.45, 2.75) is 72.8 Å². The molecular weight excluding hydrogens is 382 g/mol. The molecule has 0 spiro atoms. The Morgan fingerprint density at radius 2 is 1.57 bits per heavy atom. The van der Waals surface area contributed by atoms with Gasteiger partial charge in [-0.3, -0.25) is 9.59 Å². The number of benzene rings is 1. The SMILES string of the molecule is CC(=O)c1c(O)c(CCCCCCCOC(=O)C(C)(C)C)c(O)c(Cl)c1CN. The van der Waals surface area contributed by atoms with E-state index in [0.717, 1.165) is 32.1 Å². The predicted molar refractivity (Wildman–Crippen MR) is 110 cm³/mol. The summed E-state index contributed by atoms with van der Waals surface area (Å²) in [5.74, 6) is -0.980. The van der Waals surface area contributed by atoms with Crippen LogP contribution in [-0.4, -0.2) is 28.6 Å². The van der Waals surface area contributed by atoms with Gasteiger partial charge >= 0.3 is 5.97 Å². The fraction of sp³-hybridized carbons (Fsp3) is 0.619. The molecule has 7 heteroatoms. The van der Waals surface area contributed by atoms with E-state index in [0.29, 0.717) is 13.0 Å². The quantitative estimate of drug-likeness (QED) is 0.296. The maximum atomic E-state index is 11.9. The Bertz CT molecular complexity index is 710. The van der Waals surface area contributed by atoms with Crippen LogP contribution in [0.3, 0.4) is 0 Å². The lowest BCUT2D eigenvalue weighted by molar-refractivity contribution is -0.153. The molecule has 6 nitrogen and oxygen atoms in total. The number of unbranched alkanes of at least 4 members (excludes halogenated alkanes) is 4. The highest BCUT2D eigenvalue weighted by molar-refractivity contribution is 6.33. The minimum absolute atomic E-state index is 0.0289. The maximum Gasteiger partial charge on any atom is 0.311 e. The van der Waals surface area contributed by atoms with Crippen molar-refractivity contribution in [2.75, 3.05) is 6.61 Å². The monoisotopic (exact) mass is 413 g/mol. The van der Waals surface area contributed by atoms with Gasteiger partial charge in [0.25, 0.3) is 0 Å². The number of esters is 1. The van der Waals surface area contributed by atoms with E-state index in [1.165, 1.54) is 6.92 Å². The number of carbonyl (C=O) groups excluding carboxylic acids is 2. The Labute approximate surface area is 172 Å². The zero-order valence-corrected chi connectivity index (χ0v) is 18.0. The zero-order chi connectivity index (χ0) is 21.5. The largest absolute Gasteiger partial charge is 0.507 e. The molecular formula is C21H32ClNO5. The predicted octanol–water partition coefficient (Wildman–Crippen LogP) is 4.49. The van der Waals surface area contributed by atoms with Crippen molar-refractivity contribution in [3.8, 4) is 11.5 Å². The average Bonchev–Trinajstić information content (AvgIpc) is 2.61. The van der Waals surface area contributed by atoms with Crippen LogP contribution in [0.15, 0.2) is 0 Å². The lowest BCUT2D eigenvalue weighted by atomic mass is 9.95. The lowest BCUT2D eigenvalue weighted by Crippen LogP contribution is -2.23. The third kappa shape index (κ3) is 6.38. The average molecular weight is 414 g/mol. The molecule has 0 bridgehead atoms. The van der Waals surface area contributed by atoms with Gasteiger partial charge in [0.15, 0.2) is 5.78 Å². The second-order valence-corrected chi connectivity index (χ2v) is 8.39. The summed E-state index contributed by atoms with van der Waals surface area (Å²) < 4.78 is 5.22. The van der Waals surface area contributed by atoms with E-state index in [1.54, 1.807) is 0 Å². The number of nitrogens with two attached hydrogens (primary N) is 1. The molecule has 0 heterocycles. The first-order valence-electron chi connectivity index (χ1n) is 9.65. The van der Waals surface area contributed by atoms with Crippen molar-refractivity contribution in [3.63, 3.8) is 0 Å². The molecule has 0 fully saturated rings. The number of aromatic hydroxyl groups is 2. The molecule has 0 aliphatic heterocycles.